The normalized spacial score (nSPS) is 10.5. The molecular weight excluding hydrogens is 212 g/mol. The van der Waals surface area contributed by atoms with E-state index in [0.717, 1.165) is 6.54 Å². The molecule has 15 heavy (non-hydrogen) atoms. The number of imidazole rings is 1. The van der Waals surface area contributed by atoms with Crippen molar-refractivity contribution < 1.29 is 0 Å². The molecule has 0 spiro atoms. The van der Waals surface area contributed by atoms with Crippen molar-refractivity contribution in [1.82, 2.24) is 24.3 Å². The minimum Gasteiger partial charge on any atom is -0.387 e. The van der Waals surface area contributed by atoms with Gasteiger partial charge in [-0.15, -0.1) is 5.10 Å². The van der Waals surface area contributed by atoms with E-state index < -0.39 is 0 Å². The van der Waals surface area contributed by atoms with E-state index in [2.05, 4.69) is 15.1 Å². The topological polar surface area (TPSA) is 74.5 Å². The zero-order valence-corrected chi connectivity index (χ0v) is 8.98. The molecule has 2 aromatic rings. The van der Waals surface area contributed by atoms with E-state index in [1.165, 1.54) is 0 Å². The molecule has 0 aliphatic rings. The van der Waals surface area contributed by atoms with Crippen molar-refractivity contribution in [2.75, 3.05) is 0 Å². The maximum atomic E-state index is 5.42. The summed E-state index contributed by atoms with van der Waals surface area (Å²) in [5, 5.41) is 4.12. The Kier molecular flexibility index (Phi) is 2.46. The third-order valence-electron chi connectivity index (χ3n) is 1.95. The molecule has 0 radical (unpaired) electrons. The highest BCUT2D eigenvalue weighted by Gasteiger charge is 2.08. The number of hydrogen-bond acceptors (Lipinski definition) is 4. The van der Waals surface area contributed by atoms with Gasteiger partial charge in [-0.3, -0.25) is 0 Å². The monoisotopic (exact) mass is 222 g/mol. The summed E-state index contributed by atoms with van der Waals surface area (Å²) < 4.78 is 3.50. The number of nitrogens with two attached hydrogens (primary N) is 1. The van der Waals surface area contributed by atoms with Crippen LogP contribution in [0.3, 0.4) is 0 Å². The lowest BCUT2D eigenvalue weighted by Crippen LogP contribution is -2.13. The van der Waals surface area contributed by atoms with Crippen molar-refractivity contribution in [3.05, 3.63) is 24.5 Å². The molecule has 2 rings (SSSR count). The van der Waals surface area contributed by atoms with Gasteiger partial charge in [0.25, 0.3) is 0 Å². The summed E-state index contributed by atoms with van der Waals surface area (Å²) in [7, 11) is 0. The van der Waals surface area contributed by atoms with Crippen LogP contribution < -0.4 is 5.73 Å². The van der Waals surface area contributed by atoms with Gasteiger partial charge in [0.15, 0.2) is 0 Å². The summed E-state index contributed by atoms with van der Waals surface area (Å²) in [5.74, 6) is 1.06. The van der Waals surface area contributed by atoms with E-state index >= 15 is 0 Å². The summed E-state index contributed by atoms with van der Waals surface area (Å²) in [4.78, 5) is 8.33. The van der Waals surface area contributed by atoms with E-state index in [-0.39, 0.29) is 4.99 Å². The second-order valence-corrected chi connectivity index (χ2v) is 3.33. The summed E-state index contributed by atoms with van der Waals surface area (Å²) in [5.41, 5.74) is 5.42. The Balaban J connectivity index is 2.41. The van der Waals surface area contributed by atoms with Crippen molar-refractivity contribution in [3.8, 4) is 5.95 Å². The van der Waals surface area contributed by atoms with Gasteiger partial charge < -0.3 is 10.3 Å². The minimum absolute atomic E-state index is 0.184. The number of rotatable bonds is 3. The Morgan fingerprint density at radius 3 is 2.93 bits per heavy atom. The Morgan fingerprint density at radius 2 is 2.33 bits per heavy atom. The molecule has 0 aliphatic heterocycles. The van der Waals surface area contributed by atoms with Crippen molar-refractivity contribution >= 4 is 17.2 Å². The Labute approximate surface area is 91.7 Å². The van der Waals surface area contributed by atoms with Crippen LogP contribution in [0.2, 0.25) is 0 Å². The molecule has 2 heterocycles. The van der Waals surface area contributed by atoms with E-state index in [4.69, 9.17) is 18.0 Å². The van der Waals surface area contributed by atoms with E-state index in [1.807, 2.05) is 17.7 Å². The molecule has 0 unspecified atom stereocenters. The van der Waals surface area contributed by atoms with E-state index in [1.54, 1.807) is 17.2 Å². The number of thiocarbonyl (C=S) groups is 1. The molecule has 6 nitrogen and oxygen atoms in total. The fraction of sp³-hybridized carbons (Fsp3) is 0.250. The standard InChI is InChI=1S/C8H10N6S/c1-2-13-4-3-10-8(13)14-5-11-7(12-14)6(9)15/h3-5H,2H2,1H3,(H2,9,15). The van der Waals surface area contributed by atoms with Gasteiger partial charge in [-0.1, -0.05) is 12.2 Å². The summed E-state index contributed by atoms with van der Waals surface area (Å²) in [6.07, 6.45) is 5.13. The van der Waals surface area contributed by atoms with Gasteiger partial charge >= 0.3 is 0 Å². The smallest absolute Gasteiger partial charge is 0.232 e. The maximum absolute atomic E-state index is 5.42. The molecule has 2 aromatic heterocycles. The van der Waals surface area contributed by atoms with Crippen molar-refractivity contribution in [3.63, 3.8) is 0 Å². The molecule has 0 saturated carbocycles. The van der Waals surface area contributed by atoms with Gasteiger partial charge in [0, 0.05) is 18.9 Å². The highest BCUT2D eigenvalue weighted by Crippen LogP contribution is 2.03. The van der Waals surface area contributed by atoms with E-state index in [0.29, 0.717) is 11.8 Å². The fourth-order valence-electron chi connectivity index (χ4n) is 1.23. The highest BCUT2D eigenvalue weighted by atomic mass is 32.1. The van der Waals surface area contributed by atoms with Crippen molar-refractivity contribution in [2.24, 2.45) is 5.73 Å². The van der Waals surface area contributed by atoms with Crippen LogP contribution in [0.5, 0.6) is 0 Å². The molecule has 0 aromatic carbocycles. The minimum atomic E-state index is 0.184. The van der Waals surface area contributed by atoms with Gasteiger partial charge in [0.05, 0.1) is 0 Å². The molecule has 0 atom stereocenters. The average molecular weight is 222 g/mol. The first-order valence-electron chi connectivity index (χ1n) is 4.45. The third-order valence-corrected chi connectivity index (χ3v) is 2.13. The second-order valence-electron chi connectivity index (χ2n) is 2.89. The first-order chi connectivity index (χ1) is 7.22. The molecule has 0 aliphatic carbocycles. The predicted octanol–water partition coefficient (Wildman–Crippen LogP) is 0.118. The van der Waals surface area contributed by atoms with Crippen LogP contribution in [-0.4, -0.2) is 29.3 Å². The largest absolute Gasteiger partial charge is 0.387 e. The molecule has 2 N–H and O–H groups in total. The van der Waals surface area contributed by atoms with Crippen LogP contribution in [0.15, 0.2) is 18.7 Å². The number of nitrogens with zero attached hydrogens (tertiary/aromatic N) is 5. The van der Waals surface area contributed by atoms with Gasteiger partial charge in [-0.05, 0) is 6.92 Å². The molecule has 0 fully saturated rings. The summed E-state index contributed by atoms with van der Waals surface area (Å²) in [6.45, 7) is 2.84. The van der Waals surface area contributed by atoms with Gasteiger partial charge in [-0.25, -0.2) is 9.97 Å². The van der Waals surface area contributed by atoms with Gasteiger partial charge in [0.2, 0.25) is 11.8 Å². The fourth-order valence-corrected chi connectivity index (χ4v) is 1.32. The number of aromatic nitrogens is 5. The highest BCUT2D eigenvalue weighted by molar-refractivity contribution is 7.80. The number of hydrogen-bond donors (Lipinski definition) is 1. The number of aryl methyl sites for hydroxylation is 1. The lowest BCUT2D eigenvalue weighted by Gasteiger charge is -2.02. The van der Waals surface area contributed by atoms with Crippen LogP contribution in [-0.2, 0) is 6.54 Å². The van der Waals surface area contributed by atoms with Gasteiger partial charge in [0.1, 0.15) is 11.3 Å². The first-order valence-corrected chi connectivity index (χ1v) is 4.86. The summed E-state index contributed by atoms with van der Waals surface area (Å²) >= 11 is 4.78. The van der Waals surface area contributed by atoms with Crippen LogP contribution in [0.25, 0.3) is 5.95 Å². The molecule has 0 amide bonds. The van der Waals surface area contributed by atoms with Crippen LogP contribution in [0.1, 0.15) is 12.7 Å². The third kappa shape index (κ3) is 1.73. The van der Waals surface area contributed by atoms with E-state index in [9.17, 15) is 0 Å². The zero-order valence-electron chi connectivity index (χ0n) is 8.16. The average Bonchev–Trinajstić information content (AvgIpc) is 2.85. The Hall–Kier alpha value is -1.76. The lowest BCUT2D eigenvalue weighted by atomic mass is 10.6. The predicted molar refractivity (Wildman–Crippen MR) is 58.7 cm³/mol. The molecule has 7 heteroatoms. The molecular formula is C8H10N6S. The van der Waals surface area contributed by atoms with Crippen molar-refractivity contribution in [1.29, 1.82) is 0 Å². The second kappa shape index (κ2) is 3.77. The Morgan fingerprint density at radius 1 is 1.53 bits per heavy atom. The molecule has 0 bridgehead atoms. The first kappa shape index (κ1) is 9.78. The maximum Gasteiger partial charge on any atom is 0.232 e. The zero-order chi connectivity index (χ0) is 10.8. The quantitative estimate of drug-likeness (QED) is 0.746. The molecule has 0 saturated heterocycles. The molecule has 78 valence electrons. The lowest BCUT2D eigenvalue weighted by molar-refractivity contribution is 0.685. The summed E-state index contributed by atoms with van der Waals surface area (Å²) in [6, 6.07) is 0. The SMILES string of the molecule is CCn1ccnc1-n1cnc(C(N)=S)n1. The van der Waals surface area contributed by atoms with Crippen LogP contribution in [0, 0.1) is 0 Å². The van der Waals surface area contributed by atoms with Crippen molar-refractivity contribution in [2.45, 2.75) is 13.5 Å². The Bertz CT molecular complexity index is 485. The van der Waals surface area contributed by atoms with Crippen LogP contribution in [0.4, 0.5) is 0 Å². The van der Waals surface area contributed by atoms with Crippen LogP contribution >= 0.6 is 12.2 Å². The van der Waals surface area contributed by atoms with Gasteiger partial charge in [-0.2, -0.15) is 4.68 Å².